The Balaban J connectivity index is 1.61. The summed E-state index contributed by atoms with van der Waals surface area (Å²) in [4.78, 5) is 27.4. The highest BCUT2D eigenvalue weighted by molar-refractivity contribution is 6.00. The van der Waals surface area contributed by atoms with Crippen LogP contribution in [-0.4, -0.2) is 48.1 Å². The number of nitrogens with one attached hydrogen (secondary N) is 1. The van der Waals surface area contributed by atoms with Crippen LogP contribution in [0.3, 0.4) is 0 Å². The van der Waals surface area contributed by atoms with E-state index in [1.54, 1.807) is 24.3 Å². The van der Waals surface area contributed by atoms with Gasteiger partial charge in [-0.25, -0.2) is 0 Å². The Labute approximate surface area is 167 Å². The number of rotatable bonds is 5. The molecule has 1 aromatic carbocycles. The zero-order valence-electron chi connectivity index (χ0n) is 17.5. The van der Waals surface area contributed by atoms with Crippen molar-refractivity contribution in [1.29, 1.82) is 0 Å². The second-order valence-electron chi connectivity index (χ2n) is 8.85. The van der Waals surface area contributed by atoms with E-state index in [4.69, 9.17) is 10.5 Å². The topological polar surface area (TPSA) is 84.7 Å². The van der Waals surface area contributed by atoms with Crippen molar-refractivity contribution in [2.45, 2.75) is 58.6 Å². The molecule has 0 spiro atoms. The summed E-state index contributed by atoms with van der Waals surface area (Å²) in [5, 5.41) is 2.91. The molecule has 2 aliphatic rings. The molecule has 1 aromatic rings. The van der Waals surface area contributed by atoms with Gasteiger partial charge in [-0.3, -0.25) is 9.59 Å². The van der Waals surface area contributed by atoms with Crippen molar-refractivity contribution in [1.82, 2.24) is 4.90 Å². The number of anilines is 1. The van der Waals surface area contributed by atoms with E-state index in [1.807, 2.05) is 25.7 Å². The van der Waals surface area contributed by atoms with Crippen molar-refractivity contribution in [3.8, 4) is 0 Å². The van der Waals surface area contributed by atoms with Crippen LogP contribution in [0, 0.1) is 11.3 Å². The Kier molecular flexibility index (Phi) is 5.82. The summed E-state index contributed by atoms with van der Waals surface area (Å²) in [7, 11) is 0. The first-order valence-electron chi connectivity index (χ1n) is 10.3. The van der Waals surface area contributed by atoms with E-state index in [2.05, 4.69) is 12.2 Å². The quantitative estimate of drug-likeness (QED) is 0.813. The molecule has 0 bridgehead atoms. The number of nitrogens with two attached hydrogens (primary N) is 1. The molecule has 28 heavy (non-hydrogen) atoms. The van der Waals surface area contributed by atoms with E-state index in [-0.39, 0.29) is 17.9 Å². The van der Waals surface area contributed by atoms with Gasteiger partial charge in [-0.2, -0.15) is 0 Å². The third kappa shape index (κ3) is 3.67. The second kappa shape index (κ2) is 7.84. The highest BCUT2D eigenvalue weighted by Crippen LogP contribution is 2.50. The van der Waals surface area contributed by atoms with Gasteiger partial charge in [-0.05, 0) is 49.9 Å². The summed E-state index contributed by atoms with van der Waals surface area (Å²) in [5.74, 6) is 0.528. The fourth-order valence-electron chi connectivity index (χ4n) is 4.15. The zero-order chi connectivity index (χ0) is 20.5. The predicted octanol–water partition coefficient (Wildman–Crippen LogP) is 3.03. The molecule has 3 N–H and O–H groups in total. The lowest BCUT2D eigenvalue weighted by Crippen LogP contribution is -2.74. The molecular weight excluding hydrogens is 354 g/mol. The smallest absolute Gasteiger partial charge is 0.253 e. The number of nitrogens with zero attached hydrogens (tertiary/aromatic N) is 1. The molecule has 1 aliphatic carbocycles. The Bertz CT molecular complexity index is 723. The highest BCUT2D eigenvalue weighted by Gasteiger charge is 2.62. The van der Waals surface area contributed by atoms with Gasteiger partial charge in [0.1, 0.15) is 5.54 Å². The summed E-state index contributed by atoms with van der Waals surface area (Å²) in [5.41, 5.74) is 6.32. The minimum atomic E-state index is -0.966. The van der Waals surface area contributed by atoms with E-state index in [0.717, 1.165) is 25.9 Å². The molecule has 3 rings (SSSR count). The van der Waals surface area contributed by atoms with Gasteiger partial charge < -0.3 is 20.7 Å². The maximum atomic E-state index is 12.8. The van der Waals surface area contributed by atoms with Crippen LogP contribution in [0.1, 0.15) is 57.3 Å². The van der Waals surface area contributed by atoms with Gasteiger partial charge in [0.2, 0.25) is 5.91 Å². The maximum Gasteiger partial charge on any atom is 0.253 e. The Morgan fingerprint density at radius 1 is 1.21 bits per heavy atom. The molecule has 2 atom stereocenters. The summed E-state index contributed by atoms with van der Waals surface area (Å²) >= 11 is 0. The van der Waals surface area contributed by atoms with E-state index in [9.17, 15) is 9.59 Å². The van der Waals surface area contributed by atoms with Crippen molar-refractivity contribution in [2.75, 3.05) is 25.0 Å². The summed E-state index contributed by atoms with van der Waals surface area (Å²) in [6.07, 6.45) is 2.60. The lowest BCUT2D eigenvalue weighted by molar-refractivity contribution is -0.166. The fourth-order valence-corrected chi connectivity index (χ4v) is 4.15. The Morgan fingerprint density at radius 2 is 1.82 bits per heavy atom. The molecule has 154 valence electrons. The first kappa shape index (κ1) is 20.8. The molecule has 1 saturated carbocycles. The molecular formula is C22H33N3O3. The number of amides is 2. The van der Waals surface area contributed by atoms with Crippen LogP contribution in [0.4, 0.5) is 5.69 Å². The van der Waals surface area contributed by atoms with Gasteiger partial charge in [-0.15, -0.1) is 0 Å². The molecule has 2 fully saturated rings. The van der Waals surface area contributed by atoms with Gasteiger partial charge >= 0.3 is 0 Å². The van der Waals surface area contributed by atoms with Crippen LogP contribution in [0.5, 0.6) is 0 Å². The minimum Gasteiger partial charge on any atom is -0.378 e. The molecule has 1 aliphatic heterocycles. The molecule has 6 heteroatoms. The van der Waals surface area contributed by atoms with Crippen LogP contribution in [0.2, 0.25) is 0 Å². The van der Waals surface area contributed by atoms with Crippen LogP contribution >= 0.6 is 0 Å². The van der Waals surface area contributed by atoms with E-state index < -0.39 is 11.0 Å². The van der Waals surface area contributed by atoms with Crippen LogP contribution in [-0.2, 0) is 9.53 Å². The first-order valence-corrected chi connectivity index (χ1v) is 10.3. The van der Waals surface area contributed by atoms with Crippen molar-refractivity contribution < 1.29 is 14.3 Å². The number of ether oxygens (including phenoxy) is 1. The first-order chi connectivity index (χ1) is 13.2. The highest BCUT2D eigenvalue weighted by atomic mass is 16.5. The zero-order valence-corrected chi connectivity index (χ0v) is 17.5. The van der Waals surface area contributed by atoms with Gasteiger partial charge in [0, 0.05) is 42.8 Å². The van der Waals surface area contributed by atoms with Crippen molar-refractivity contribution in [3.63, 3.8) is 0 Å². The van der Waals surface area contributed by atoms with Crippen LogP contribution < -0.4 is 11.1 Å². The number of likely N-dealkylation sites (tertiary alicyclic amines) is 1. The van der Waals surface area contributed by atoms with Gasteiger partial charge in [-0.1, -0.05) is 20.8 Å². The Hall–Kier alpha value is -1.92. The van der Waals surface area contributed by atoms with E-state index >= 15 is 0 Å². The van der Waals surface area contributed by atoms with Crippen LogP contribution in [0.15, 0.2) is 24.3 Å². The summed E-state index contributed by atoms with van der Waals surface area (Å²) in [6, 6.07) is 7.09. The van der Waals surface area contributed by atoms with Gasteiger partial charge in [0.15, 0.2) is 0 Å². The molecule has 0 aromatic heterocycles. The average Bonchev–Trinajstić information content (AvgIpc) is 2.68. The lowest BCUT2D eigenvalue weighted by Gasteiger charge is -2.57. The average molecular weight is 388 g/mol. The number of carbonyl (C=O) groups excluding carboxylic acids is 2. The SMILES string of the molecule is CCOC1CC(N)(C(=O)Nc2ccc(C(=O)N3CCC(C)CC3)cc2)C1(C)C. The molecule has 1 saturated heterocycles. The third-order valence-corrected chi connectivity index (χ3v) is 6.70. The molecule has 2 unspecified atom stereocenters. The van der Waals surface area contributed by atoms with Crippen molar-refractivity contribution >= 4 is 17.5 Å². The maximum absolute atomic E-state index is 12.8. The van der Waals surface area contributed by atoms with Crippen molar-refractivity contribution in [2.24, 2.45) is 17.1 Å². The molecule has 0 radical (unpaired) electrons. The predicted molar refractivity (Wildman–Crippen MR) is 110 cm³/mol. The van der Waals surface area contributed by atoms with E-state index in [1.165, 1.54) is 0 Å². The molecule has 6 nitrogen and oxygen atoms in total. The normalized spacial score (nSPS) is 27.2. The minimum absolute atomic E-state index is 0.0134. The Morgan fingerprint density at radius 3 is 2.36 bits per heavy atom. The molecule has 1 heterocycles. The summed E-state index contributed by atoms with van der Waals surface area (Å²) < 4.78 is 5.69. The number of benzene rings is 1. The fraction of sp³-hybridized carbons (Fsp3) is 0.636. The number of hydrogen-bond donors (Lipinski definition) is 2. The number of piperidine rings is 1. The lowest BCUT2D eigenvalue weighted by atomic mass is 9.54. The van der Waals surface area contributed by atoms with E-state index in [0.29, 0.717) is 30.2 Å². The number of hydrogen-bond acceptors (Lipinski definition) is 4. The monoisotopic (exact) mass is 387 g/mol. The number of carbonyl (C=O) groups is 2. The van der Waals surface area contributed by atoms with Crippen LogP contribution in [0.25, 0.3) is 0 Å². The third-order valence-electron chi connectivity index (χ3n) is 6.70. The summed E-state index contributed by atoms with van der Waals surface area (Å²) in [6.45, 7) is 10.3. The van der Waals surface area contributed by atoms with Gasteiger partial charge in [0.05, 0.1) is 6.10 Å². The largest absolute Gasteiger partial charge is 0.378 e. The van der Waals surface area contributed by atoms with Gasteiger partial charge in [0.25, 0.3) is 5.91 Å². The molecule has 2 amide bonds. The standard InChI is InChI=1S/C22H33N3O3/c1-5-28-18-14-22(23,21(18,3)4)20(27)24-17-8-6-16(7-9-17)19(26)25-12-10-15(2)11-13-25/h6-9,15,18H,5,10-14,23H2,1-4H3,(H,24,27). The van der Waals surface area contributed by atoms with Crippen molar-refractivity contribution in [3.05, 3.63) is 29.8 Å². The second-order valence-corrected chi connectivity index (χ2v) is 8.85.